The standard InChI is InChI=1S/C24H47O9P/c1-2-3-4-5-6-7-8-9-10-11-12-13-14-15-16-17-18(25)34(31,32)33-24-22(29)20(27)19(26)21(28)23(24)30/h19-24,26-30H,2-17H2,1H3,(H,31,32)/t19?,20-,21-,22-,23+,24?/m0/s1. The van der Waals surface area contributed by atoms with Gasteiger partial charge in [-0.3, -0.25) is 13.9 Å². The average molecular weight is 511 g/mol. The van der Waals surface area contributed by atoms with Crippen molar-refractivity contribution in [1.29, 1.82) is 0 Å². The minimum atomic E-state index is -4.85. The zero-order chi connectivity index (χ0) is 25.6. The molecular formula is C24H47O9P. The van der Waals surface area contributed by atoms with Gasteiger partial charge in [0.05, 0.1) is 0 Å². The van der Waals surface area contributed by atoms with E-state index in [0.717, 1.165) is 25.7 Å². The highest BCUT2D eigenvalue weighted by atomic mass is 31.2. The molecule has 0 saturated heterocycles. The van der Waals surface area contributed by atoms with E-state index < -0.39 is 49.7 Å². The van der Waals surface area contributed by atoms with Crippen LogP contribution in [0.2, 0.25) is 0 Å². The number of hydrogen-bond acceptors (Lipinski definition) is 8. The molecule has 0 aromatic carbocycles. The predicted molar refractivity (Wildman–Crippen MR) is 129 cm³/mol. The van der Waals surface area contributed by atoms with Crippen LogP contribution in [0, 0.1) is 0 Å². The van der Waals surface area contributed by atoms with Gasteiger partial charge in [0, 0.05) is 6.42 Å². The van der Waals surface area contributed by atoms with Crippen molar-refractivity contribution >= 4 is 13.1 Å². The molecule has 7 atom stereocenters. The third-order valence-electron chi connectivity index (χ3n) is 6.65. The average Bonchev–Trinajstić information content (AvgIpc) is 2.81. The second-order valence-electron chi connectivity index (χ2n) is 9.64. The molecule has 1 fully saturated rings. The van der Waals surface area contributed by atoms with Crippen molar-refractivity contribution in [2.45, 2.75) is 146 Å². The number of aliphatic hydroxyl groups excluding tert-OH is 5. The topological polar surface area (TPSA) is 165 Å². The van der Waals surface area contributed by atoms with Crippen molar-refractivity contribution < 1.29 is 44.3 Å². The quantitative estimate of drug-likeness (QED) is 0.113. The zero-order valence-electron chi connectivity index (χ0n) is 20.6. The van der Waals surface area contributed by atoms with Crippen molar-refractivity contribution in [3.63, 3.8) is 0 Å². The lowest BCUT2D eigenvalue weighted by Crippen LogP contribution is -2.64. The van der Waals surface area contributed by atoms with Gasteiger partial charge in [-0.2, -0.15) is 0 Å². The maximum Gasteiger partial charge on any atom is 0.394 e. The summed E-state index contributed by atoms with van der Waals surface area (Å²) in [6.07, 6.45) is 5.77. The van der Waals surface area contributed by atoms with Gasteiger partial charge in [-0.05, 0) is 6.42 Å². The van der Waals surface area contributed by atoms with Crippen LogP contribution < -0.4 is 0 Å². The molecule has 9 nitrogen and oxygen atoms in total. The van der Waals surface area contributed by atoms with Crippen LogP contribution in [0.1, 0.15) is 110 Å². The van der Waals surface area contributed by atoms with Crippen LogP contribution in [0.3, 0.4) is 0 Å². The van der Waals surface area contributed by atoms with Gasteiger partial charge >= 0.3 is 7.60 Å². The third kappa shape index (κ3) is 11.1. The molecule has 0 aromatic heterocycles. The zero-order valence-corrected chi connectivity index (χ0v) is 21.5. The van der Waals surface area contributed by atoms with Crippen LogP contribution in [-0.2, 0) is 13.9 Å². The third-order valence-corrected chi connectivity index (χ3v) is 8.03. The van der Waals surface area contributed by atoms with E-state index >= 15 is 0 Å². The van der Waals surface area contributed by atoms with E-state index in [1.54, 1.807) is 0 Å². The molecule has 0 spiro atoms. The molecule has 0 aromatic rings. The number of hydrogen-bond donors (Lipinski definition) is 6. The SMILES string of the molecule is CCCCCCCCCCCCCCCCCC(=O)P(=O)(O)OC1[C@@H](O)[C@@H](O)C(O)[C@H](O)[C@H]1O. The lowest BCUT2D eigenvalue weighted by Gasteiger charge is -2.41. The number of aliphatic hydroxyl groups is 5. The van der Waals surface area contributed by atoms with E-state index in [1.165, 1.54) is 64.2 Å². The number of carbonyl (C=O) groups excluding carboxylic acids is 1. The van der Waals surface area contributed by atoms with Crippen LogP contribution in [0.5, 0.6) is 0 Å². The lowest BCUT2D eigenvalue weighted by atomic mass is 9.85. The van der Waals surface area contributed by atoms with Crippen LogP contribution in [0.25, 0.3) is 0 Å². The molecule has 0 aliphatic heterocycles. The maximum atomic E-state index is 12.3. The Bertz CT molecular complexity index is 587. The van der Waals surface area contributed by atoms with Gasteiger partial charge in [-0.15, -0.1) is 0 Å². The van der Waals surface area contributed by atoms with Crippen LogP contribution >= 0.6 is 7.60 Å². The Morgan fingerprint density at radius 2 is 0.941 bits per heavy atom. The molecule has 0 amide bonds. The Morgan fingerprint density at radius 3 is 1.32 bits per heavy atom. The van der Waals surface area contributed by atoms with Gasteiger partial charge in [0.2, 0.25) is 5.52 Å². The summed E-state index contributed by atoms with van der Waals surface area (Å²) in [7, 11) is -4.85. The first-order valence-electron chi connectivity index (χ1n) is 13.1. The van der Waals surface area contributed by atoms with Crippen molar-refractivity contribution in [3.05, 3.63) is 0 Å². The van der Waals surface area contributed by atoms with E-state index in [4.69, 9.17) is 4.52 Å². The Hall–Kier alpha value is -0.380. The van der Waals surface area contributed by atoms with Crippen LogP contribution in [0.15, 0.2) is 0 Å². The van der Waals surface area contributed by atoms with Crippen molar-refractivity contribution in [2.24, 2.45) is 0 Å². The number of carbonyl (C=O) groups is 1. The molecule has 10 heteroatoms. The second-order valence-corrected chi connectivity index (χ2v) is 11.4. The summed E-state index contributed by atoms with van der Waals surface area (Å²) in [5, 5.41) is 48.7. The van der Waals surface area contributed by atoms with E-state index in [2.05, 4.69) is 6.92 Å². The van der Waals surface area contributed by atoms with Gasteiger partial charge in [0.15, 0.2) is 0 Å². The molecule has 1 aliphatic rings. The molecule has 1 aliphatic carbocycles. The fraction of sp³-hybridized carbons (Fsp3) is 0.958. The molecular weight excluding hydrogens is 463 g/mol. The van der Waals surface area contributed by atoms with Crippen molar-refractivity contribution in [2.75, 3.05) is 0 Å². The summed E-state index contributed by atoms with van der Waals surface area (Å²) in [6, 6.07) is 0. The van der Waals surface area contributed by atoms with Crippen molar-refractivity contribution in [3.8, 4) is 0 Å². The van der Waals surface area contributed by atoms with Gasteiger partial charge in [-0.25, -0.2) is 0 Å². The Morgan fingerprint density at radius 1 is 0.618 bits per heavy atom. The molecule has 202 valence electrons. The summed E-state index contributed by atoms with van der Waals surface area (Å²) in [5.41, 5.74) is -1.04. The number of unbranched alkanes of at least 4 members (excludes halogenated alkanes) is 14. The molecule has 0 bridgehead atoms. The first-order valence-corrected chi connectivity index (χ1v) is 14.7. The Kier molecular flexibility index (Phi) is 16.0. The predicted octanol–water partition coefficient (Wildman–Crippen LogP) is 3.16. The lowest BCUT2D eigenvalue weighted by molar-refractivity contribution is -0.218. The summed E-state index contributed by atoms with van der Waals surface area (Å²) < 4.78 is 17.0. The maximum absolute atomic E-state index is 12.3. The fourth-order valence-electron chi connectivity index (χ4n) is 4.33. The van der Waals surface area contributed by atoms with Gasteiger partial charge in [0.1, 0.15) is 36.6 Å². The highest BCUT2D eigenvalue weighted by Gasteiger charge is 2.51. The molecule has 6 N–H and O–H groups in total. The minimum Gasteiger partial charge on any atom is -0.387 e. The molecule has 0 radical (unpaired) electrons. The Balaban J connectivity index is 2.12. The molecule has 3 unspecified atom stereocenters. The van der Waals surface area contributed by atoms with E-state index in [9.17, 15) is 39.8 Å². The van der Waals surface area contributed by atoms with E-state index in [-0.39, 0.29) is 6.42 Å². The highest BCUT2D eigenvalue weighted by molar-refractivity contribution is 7.70. The van der Waals surface area contributed by atoms with E-state index in [0.29, 0.717) is 6.42 Å². The summed E-state index contributed by atoms with van der Waals surface area (Å²) in [5.74, 6) is 0. The summed E-state index contributed by atoms with van der Waals surface area (Å²) >= 11 is 0. The largest absolute Gasteiger partial charge is 0.394 e. The minimum absolute atomic E-state index is 0.182. The van der Waals surface area contributed by atoms with Crippen LogP contribution in [-0.4, -0.2) is 72.6 Å². The van der Waals surface area contributed by atoms with Crippen molar-refractivity contribution in [1.82, 2.24) is 0 Å². The first kappa shape index (κ1) is 31.6. The smallest absolute Gasteiger partial charge is 0.387 e. The first-order chi connectivity index (χ1) is 16.1. The molecule has 34 heavy (non-hydrogen) atoms. The highest BCUT2D eigenvalue weighted by Crippen LogP contribution is 2.48. The molecule has 1 saturated carbocycles. The Labute approximate surface area is 204 Å². The summed E-state index contributed by atoms with van der Waals surface area (Å²) in [6.45, 7) is 2.23. The molecule has 1 rings (SSSR count). The normalized spacial score (nSPS) is 29.1. The number of rotatable bonds is 19. The van der Waals surface area contributed by atoms with Gasteiger partial charge in [0.25, 0.3) is 0 Å². The van der Waals surface area contributed by atoms with Crippen LogP contribution in [0.4, 0.5) is 0 Å². The van der Waals surface area contributed by atoms with Gasteiger partial charge < -0.3 is 30.4 Å². The summed E-state index contributed by atoms with van der Waals surface area (Å²) in [4.78, 5) is 22.1. The monoisotopic (exact) mass is 510 g/mol. The second kappa shape index (κ2) is 17.1. The fourth-order valence-corrected chi connectivity index (χ4v) is 5.47. The molecule has 0 heterocycles. The van der Waals surface area contributed by atoms with Gasteiger partial charge in [-0.1, -0.05) is 96.8 Å². The van der Waals surface area contributed by atoms with E-state index in [1.807, 2.05) is 0 Å².